The molecule has 0 aliphatic heterocycles. The molecule has 628 valence electrons. The zero-order valence-electron chi connectivity index (χ0n) is 72.4. The van der Waals surface area contributed by atoms with E-state index in [1.807, 2.05) is 164 Å². The van der Waals surface area contributed by atoms with Gasteiger partial charge in [0.25, 0.3) is 0 Å². The van der Waals surface area contributed by atoms with Crippen LogP contribution in [-0.4, -0.2) is 44.9 Å². The van der Waals surface area contributed by atoms with Crippen molar-refractivity contribution in [2.24, 2.45) is 0 Å². The molecule has 12 nitrogen and oxygen atoms in total. The molecule has 135 heavy (non-hydrogen) atoms. The van der Waals surface area contributed by atoms with Gasteiger partial charge < -0.3 is 13.3 Å². The minimum Gasteiger partial charge on any atom is -0.456 e. The van der Waals surface area contributed by atoms with Gasteiger partial charge in [0.15, 0.2) is 34.9 Å². The van der Waals surface area contributed by atoms with E-state index in [4.69, 9.17) is 58.1 Å². The van der Waals surface area contributed by atoms with E-state index in [0.29, 0.717) is 34.9 Å². The van der Waals surface area contributed by atoms with E-state index in [1.165, 1.54) is 75.4 Å². The minimum absolute atomic E-state index is 0.571. The van der Waals surface area contributed by atoms with Gasteiger partial charge in [0, 0.05) is 105 Å². The quantitative estimate of drug-likeness (QED) is 0.120. The highest BCUT2D eigenvalue weighted by Gasteiger charge is 2.25. The Bertz CT molecular complexity index is 9530. The lowest BCUT2D eigenvalue weighted by molar-refractivity contribution is 0.669. The van der Waals surface area contributed by atoms with Gasteiger partial charge >= 0.3 is 0 Å². The number of benzene rings is 21. The van der Waals surface area contributed by atoms with Crippen molar-refractivity contribution in [2.75, 3.05) is 0 Å². The van der Waals surface area contributed by atoms with Gasteiger partial charge in [-0.1, -0.05) is 346 Å². The average Bonchev–Trinajstić information content (AvgIpc) is 1.61. The molecule has 0 saturated carbocycles. The first kappa shape index (κ1) is 77.7. The molecule has 21 aromatic carbocycles. The van der Waals surface area contributed by atoms with Crippen molar-refractivity contribution in [1.29, 1.82) is 0 Å². The fourth-order valence-electron chi connectivity index (χ4n) is 19.7. The van der Waals surface area contributed by atoms with E-state index in [9.17, 15) is 0 Å². The Hall–Kier alpha value is -18.4. The summed E-state index contributed by atoms with van der Waals surface area (Å²) in [5.74, 6) is 3.75. The largest absolute Gasteiger partial charge is 0.456 e. The van der Waals surface area contributed by atoms with Crippen molar-refractivity contribution in [1.82, 2.24) is 44.9 Å². The lowest BCUT2D eigenvalue weighted by atomic mass is 9.93. The van der Waals surface area contributed by atoms with E-state index in [-0.39, 0.29) is 0 Å². The summed E-state index contributed by atoms with van der Waals surface area (Å²) in [5.41, 5.74) is 20.3. The summed E-state index contributed by atoms with van der Waals surface area (Å²) < 4.78 is 19.4. The van der Waals surface area contributed by atoms with Crippen LogP contribution in [0.3, 0.4) is 0 Å². The SMILES string of the molecule is c1ccc(-c2nc(-c3ccccc3)nc(-c3ccc(-c4ccc5oc6ccc7ccc8ccccc8c7c6c5c4)c4ccccc34)n2)cc1.c1ccc(-c2nc(-c3ccccc3)nc(-c3ccc(-c4cccc5c4oc4ccc6ccc7ccccc7c6c45)nc3)n2)cc1.c1ccc2cc(-c3nc4ccccc4nc3-c3ccc4oc5ccc6ccc7ccccc7c6c5c4c3)ccc2c1. The predicted octanol–water partition coefficient (Wildman–Crippen LogP) is 32.4. The van der Waals surface area contributed by atoms with Gasteiger partial charge in [-0.2, -0.15) is 0 Å². The lowest BCUT2D eigenvalue weighted by Gasteiger charge is -2.13. The van der Waals surface area contributed by atoms with Crippen molar-refractivity contribution >= 4 is 163 Å². The van der Waals surface area contributed by atoms with Crippen molar-refractivity contribution < 1.29 is 13.3 Å². The number of pyridine rings is 1. The smallest absolute Gasteiger partial charge is 0.165 e. The Balaban J connectivity index is 0.000000106. The number of hydrogen-bond donors (Lipinski definition) is 0. The first-order chi connectivity index (χ1) is 66.9. The monoisotopic (exact) mass is 1720 g/mol. The van der Waals surface area contributed by atoms with E-state index in [0.717, 1.165) is 166 Å². The normalized spacial score (nSPS) is 11.7. The van der Waals surface area contributed by atoms with Crippen LogP contribution in [0.15, 0.2) is 456 Å². The lowest BCUT2D eigenvalue weighted by Crippen LogP contribution is -2.00. The molecule has 0 atom stereocenters. The van der Waals surface area contributed by atoms with Crippen LogP contribution < -0.4 is 0 Å². The molecule has 0 saturated heterocycles. The van der Waals surface area contributed by atoms with E-state index < -0.39 is 0 Å². The maximum Gasteiger partial charge on any atom is 0.165 e. The first-order valence-electron chi connectivity index (χ1n) is 45.2. The summed E-state index contributed by atoms with van der Waals surface area (Å²) in [6.45, 7) is 0. The fraction of sp³-hybridized carbons (Fsp3) is 0. The van der Waals surface area contributed by atoms with Crippen LogP contribution in [0.2, 0.25) is 0 Å². The highest BCUT2D eigenvalue weighted by Crippen LogP contribution is 2.47. The summed E-state index contributed by atoms with van der Waals surface area (Å²) >= 11 is 0. The van der Waals surface area contributed by atoms with Crippen LogP contribution in [0, 0.1) is 0 Å². The highest BCUT2D eigenvalue weighted by molar-refractivity contribution is 6.30. The Morgan fingerprint density at radius 1 is 0.163 bits per heavy atom. The molecule has 0 spiro atoms. The molecular formula is C123H73N9O3. The highest BCUT2D eigenvalue weighted by atomic mass is 16.3. The summed E-state index contributed by atoms with van der Waals surface area (Å²) in [6, 6.07) is 151. The molecule has 0 N–H and O–H groups in total. The molecule has 0 bridgehead atoms. The molecule has 0 radical (unpaired) electrons. The average molecular weight is 1720 g/mol. The number of fused-ring (bicyclic) bond motifs is 24. The standard InChI is InChI=1S/C45H27N3O.C40H24N4O.C38H22N2O/c1-3-12-30(13-4-1)43-46-44(31-14-5-2-6-15-31)48-45(47-43)37-24-23-33(35-17-9-10-18-36(35)37)32-22-25-39-38(27-32)42-40(49-39)26-21-29-20-19-28-11-7-8-16-34(28)41(29)42;1-3-11-27(12-4-1)38-42-39(28-13-5-2-6-14-28)44-40(43-38)29-20-22-33(41-24-29)31-16-9-17-32-36-34(45-37(31)32)23-21-26-19-18-25-10-7-8-15-30(25)35(26)36;1-2-9-26-21-27(16-13-23(26)7-1)37-38(40-32-12-6-5-11-31(32)39-37)28-18-19-33-30(22-28)36-34(41-33)20-17-25-15-14-24-8-3-4-10-29(24)35(25)36/h1-27H;1-24H;1-22H. The van der Waals surface area contributed by atoms with Gasteiger partial charge in [0.1, 0.15) is 33.5 Å². The molecule has 0 aliphatic carbocycles. The Kier molecular flexibility index (Phi) is 18.6. The number of hydrogen-bond acceptors (Lipinski definition) is 12. The third kappa shape index (κ3) is 13.7. The third-order valence-corrected chi connectivity index (χ3v) is 26.1. The summed E-state index contributed by atoms with van der Waals surface area (Å²) in [4.78, 5) is 44.8. The molecule has 0 unspecified atom stereocenters. The Labute approximate surface area is 772 Å². The number of nitrogens with zero attached hydrogens (tertiary/aromatic N) is 9. The van der Waals surface area contributed by atoms with Crippen molar-refractivity contribution in [3.8, 4) is 113 Å². The molecule has 28 rings (SSSR count). The molecule has 0 aliphatic rings. The van der Waals surface area contributed by atoms with Crippen LogP contribution in [-0.2, 0) is 0 Å². The van der Waals surface area contributed by atoms with Gasteiger partial charge in [-0.05, 0) is 172 Å². The number of aromatic nitrogens is 9. The molecule has 12 heteroatoms. The van der Waals surface area contributed by atoms with E-state index in [2.05, 4.69) is 279 Å². The fourth-order valence-corrected chi connectivity index (χ4v) is 19.7. The van der Waals surface area contributed by atoms with E-state index >= 15 is 0 Å². The van der Waals surface area contributed by atoms with Gasteiger partial charge in [0.05, 0.1) is 28.1 Å². The predicted molar refractivity (Wildman–Crippen MR) is 553 cm³/mol. The number of furan rings is 3. The van der Waals surface area contributed by atoms with Crippen molar-refractivity contribution in [3.05, 3.63) is 443 Å². The van der Waals surface area contributed by atoms with E-state index in [1.54, 1.807) is 0 Å². The summed E-state index contributed by atoms with van der Waals surface area (Å²) in [6.07, 6.45) is 1.83. The Morgan fingerprint density at radius 3 is 0.993 bits per heavy atom. The maximum atomic E-state index is 6.57. The second kappa shape index (κ2) is 32.4. The zero-order valence-corrected chi connectivity index (χ0v) is 72.4. The molecule has 7 aromatic heterocycles. The van der Waals surface area contributed by atoms with Crippen LogP contribution in [0.4, 0.5) is 0 Å². The molecule has 7 heterocycles. The first-order valence-corrected chi connectivity index (χ1v) is 45.2. The molecule has 0 fully saturated rings. The van der Waals surface area contributed by atoms with Crippen LogP contribution >= 0.6 is 0 Å². The Morgan fingerprint density at radius 2 is 0.504 bits per heavy atom. The topological polar surface area (TPSA) is 155 Å². The van der Waals surface area contributed by atoms with Crippen molar-refractivity contribution in [2.45, 2.75) is 0 Å². The van der Waals surface area contributed by atoms with Gasteiger partial charge in [-0.3, -0.25) is 4.98 Å². The minimum atomic E-state index is 0.571. The third-order valence-electron chi connectivity index (χ3n) is 26.1. The number of rotatable bonds is 10. The second-order valence-electron chi connectivity index (χ2n) is 34.1. The van der Waals surface area contributed by atoms with Crippen LogP contribution in [0.1, 0.15) is 0 Å². The van der Waals surface area contributed by atoms with Crippen molar-refractivity contribution in [3.63, 3.8) is 0 Å². The molecular weight excluding hydrogens is 1650 g/mol. The zero-order chi connectivity index (χ0) is 89.0. The van der Waals surface area contributed by atoms with Crippen LogP contribution in [0.5, 0.6) is 0 Å². The molecule has 0 amide bonds. The molecule has 28 aromatic rings. The van der Waals surface area contributed by atoms with Crippen LogP contribution in [0.25, 0.3) is 276 Å². The van der Waals surface area contributed by atoms with Gasteiger partial charge in [0.2, 0.25) is 0 Å². The second-order valence-corrected chi connectivity index (χ2v) is 34.1. The summed E-state index contributed by atoms with van der Waals surface area (Å²) in [5, 5.41) is 25.9. The van der Waals surface area contributed by atoms with Gasteiger partial charge in [-0.25, -0.2) is 39.9 Å². The van der Waals surface area contributed by atoms with Gasteiger partial charge in [-0.15, -0.1) is 0 Å². The maximum absolute atomic E-state index is 6.57. The number of para-hydroxylation sites is 3. The summed E-state index contributed by atoms with van der Waals surface area (Å²) in [7, 11) is 0.